The Morgan fingerprint density at radius 1 is 0.949 bits per heavy atom. The molecule has 0 saturated carbocycles. The highest BCUT2D eigenvalue weighted by atomic mass is 16.1. The molecule has 39 heavy (non-hydrogen) atoms. The van der Waals surface area contributed by atoms with Crippen LogP contribution in [0.25, 0.3) is 5.69 Å². The number of para-hydroxylation sites is 1. The number of hydrogen-bond acceptors (Lipinski definition) is 4. The molecule has 1 N–H and O–H groups in total. The Balaban J connectivity index is 1.44. The molecule has 0 bridgehead atoms. The van der Waals surface area contributed by atoms with Gasteiger partial charge in [-0.3, -0.25) is 4.79 Å². The summed E-state index contributed by atoms with van der Waals surface area (Å²) in [7, 11) is 0. The zero-order valence-corrected chi connectivity index (χ0v) is 23.2. The Labute approximate surface area is 231 Å². The van der Waals surface area contributed by atoms with Crippen molar-refractivity contribution in [2.45, 2.75) is 46.6 Å². The molecule has 1 aromatic heterocycles. The van der Waals surface area contributed by atoms with Crippen molar-refractivity contribution < 1.29 is 4.79 Å². The van der Waals surface area contributed by atoms with E-state index >= 15 is 0 Å². The summed E-state index contributed by atoms with van der Waals surface area (Å²) in [6, 6.07) is 29.6. The number of aryl methyl sites for hydroxylation is 1. The number of carbonyl (C=O) groups excluding carboxylic acids is 1. The summed E-state index contributed by atoms with van der Waals surface area (Å²) in [4.78, 5) is 16.1. The third-order valence-corrected chi connectivity index (χ3v) is 8.09. The van der Waals surface area contributed by atoms with Gasteiger partial charge in [0, 0.05) is 42.4 Å². The molecule has 2 aliphatic rings. The summed E-state index contributed by atoms with van der Waals surface area (Å²) in [5.41, 5.74) is 7.50. The number of anilines is 2. The van der Waals surface area contributed by atoms with Crippen molar-refractivity contribution in [3.63, 3.8) is 0 Å². The maximum atomic E-state index is 13.7. The van der Waals surface area contributed by atoms with Crippen LogP contribution in [0.5, 0.6) is 0 Å². The first-order valence-electron chi connectivity index (χ1n) is 13.9. The number of Topliss-reactive ketones (excluding diaryl/α,β-unsaturated/α-hetero) is 1. The van der Waals surface area contributed by atoms with Crippen molar-refractivity contribution in [1.82, 2.24) is 9.78 Å². The predicted octanol–water partition coefficient (Wildman–Crippen LogP) is 7.26. The van der Waals surface area contributed by atoms with Crippen LogP contribution in [0.2, 0.25) is 0 Å². The molecule has 2 atom stereocenters. The Morgan fingerprint density at radius 2 is 1.62 bits per heavy atom. The van der Waals surface area contributed by atoms with Gasteiger partial charge in [0.1, 0.15) is 11.6 Å². The van der Waals surface area contributed by atoms with Crippen LogP contribution >= 0.6 is 0 Å². The SMILES string of the molecule is CCN(Cc1ccccc1)c1ccc([C@H]2c3c(C)nn(-c4ccccc4)c3NC3=CC(C)(C)CC(=O)[C@@H]32)cc1. The van der Waals surface area contributed by atoms with Gasteiger partial charge in [-0.25, -0.2) is 4.68 Å². The van der Waals surface area contributed by atoms with E-state index < -0.39 is 0 Å². The van der Waals surface area contributed by atoms with E-state index in [-0.39, 0.29) is 23.0 Å². The highest BCUT2D eigenvalue weighted by molar-refractivity contribution is 5.90. The summed E-state index contributed by atoms with van der Waals surface area (Å²) in [5, 5.41) is 8.64. The van der Waals surface area contributed by atoms with Crippen molar-refractivity contribution in [1.29, 1.82) is 0 Å². The molecule has 0 fully saturated rings. The molecule has 0 amide bonds. The van der Waals surface area contributed by atoms with Crippen LogP contribution in [-0.2, 0) is 11.3 Å². The molecule has 2 heterocycles. The molecule has 0 saturated heterocycles. The van der Waals surface area contributed by atoms with Gasteiger partial charge in [0.25, 0.3) is 0 Å². The summed E-state index contributed by atoms with van der Waals surface area (Å²) in [5.74, 6) is 0.915. The van der Waals surface area contributed by atoms with Crippen LogP contribution in [0.4, 0.5) is 11.5 Å². The van der Waals surface area contributed by atoms with E-state index in [0.29, 0.717) is 6.42 Å². The van der Waals surface area contributed by atoms with Crippen LogP contribution in [0.3, 0.4) is 0 Å². The number of nitrogens with one attached hydrogen (secondary N) is 1. The summed E-state index contributed by atoms with van der Waals surface area (Å²) in [6.45, 7) is 10.3. The van der Waals surface area contributed by atoms with E-state index in [0.717, 1.165) is 47.1 Å². The Kier molecular flexibility index (Phi) is 6.38. The third-order valence-electron chi connectivity index (χ3n) is 8.09. The van der Waals surface area contributed by atoms with Gasteiger partial charge in [-0.1, -0.05) is 80.6 Å². The van der Waals surface area contributed by atoms with E-state index in [1.165, 1.54) is 11.3 Å². The maximum Gasteiger partial charge on any atom is 0.143 e. The second-order valence-corrected chi connectivity index (χ2v) is 11.5. The van der Waals surface area contributed by atoms with Gasteiger partial charge in [0.15, 0.2) is 0 Å². The molecular formula is C34H36N4O. The summed E-state index contributed by atoms with van der Waals surface area (Å²) < 4.78 is 1.99. The average molecular weight is 517 g/mol. The standard InChI is InChI=1S/C34H36N4O/c1-5-37(22-24-12-8-6-9-13-24)26-18-16-25(17-19-26)31-30-23(2)36-38(27-14-10-7-11-15-27)33(30)35-28-20-34(3,4)21-29(39)32(28)31/h6-20,31-32,35H,5,21-22H2,1-4H3/t31-,32+/m0/s1. The van der Waals surface area contributed by atoms with Gasteiger partial charge in [-0.15, -0.1) is 0 Å². The fraction of sp³-hybridized carbons (Fsp3) is 0.294. The van der Waals surface area contributed by atoms with E-state index in [9.17, 15) is 4.79 Å². The minimum Gasteiger partial charge on any atom is -0.367 e. The molecule has 5 nitrogen and oxygen atoms in total. The molecule has 3 aromatic carbocycles. The van der Waals surface area contributed by atoms with Gasteiger partial charge in [-0.2, -0.15) is 5.10 Å². The summed E-state index contributed by atoms with van der Waals surface area (Å²) >= 11 is 0. The van der Waals surface area contributed by atoms with Gasteiger partial charge < -0.3 is 10.2 Å². The van der Waals surface area contributed by atoms with E-state index in [1.54, 1.807) is 0 Å². The zero-order chi connectivity index (χ0) is 27.1. The monoisotopic (exact) mass is 516 g/mol. The van der Waals surface area contributed by atoms with E-state index in [2.05, 4.69) is 111 Å². The lowest BCUT2D eigenvalue weighted by atomic mass is 9.67. The molecule has 5 heteroatoms. The average Bonchev–Trinajstić information content (AvgIpc) is 3.27. The molecule has 6 rings (SSSR count). The Bertz CT molecular complexity index is 1520. The number of rotatable bonds is 6. The Hall–Kier alpha value is -4.12. The minimum atomic E-state index is -0.241. The number of hydrogen-bond donors (Lipinski definition) is 1. The predicted molar refractivity (Wildman–Crippen MR) is 158 cm³/mol. The molecule has 0 radical (unpaired) electrons. The van der Waals surface area contributed by atoms with Crippen LogP contribution in [0.15, 0.2) is 96.7 Å². The van der Waals surface area contributed by atoms with Crippen LogP contribution < -0.4 is 10.2 Å². The first kappa shape index (κ1) is 25.2. The second kappa shape index (κ2) is 9.88. The zero-order valence-electron chi connectivity index (χ0n) is 23.2. The van der Waals surface area contributed by atoms with E-state index in [1.807, 2.05) is 22.9 Å². The third kappa shape index (κ3) is 4.67. The highest BCUT2D eigenvalue weighted by Crippen LogP contribution is 2.50. The Morgan fingerprint density at radius 3 is 2.28 bits per heavy atom. The van der Waals surface area contributed by atoms with Gasteiger partial charge in [0.2, 0.25) is 0 Å². The van der Waals surface area contributed by atoms with Gasteiger partial charge >= 0.3 is 0 Å². The largest absolute Gasteiger partial charge is 0.367 e. The number of allylic oxidation sites excluding steroid dienone is 2. The number of aromatic nitrogens is 2. The topological polar surface area (TPSA) is 50.2 Å². The molecule has 0 spiro atoms. The quantitative estimate of drug-likeness (QED) is 0.293. The minimum absolute atomic E-state index is 0.0909. The fourth-order valence-electron chi connectivity index (χ4n) is 6.31. The van der Waals surface area contributed by atoms with E-state index in [4.69, 9.17) is 5.10 Å². The number of fused-ring (bicyclic) bond motifs is 2. The molecule has 1 aliphatic carbocycles. The molecule has 0 unspecified atom stereocenters. The van der Waals surface area contributed by atoms with Crippen LogP contribution in [0.1, 0.15) is 55.5 Å². The molecule has 1 aliphatic heterocycles. The number of ketones is 1. The van der Waals surface area contributed by atoms with Crippen molar-refractivity contribution in [3.8, 4) is 5.69 Å². The number of carbonyl (C=O) groups is 1. The number of nitrogens with zero attached hydrogens (tertiary/aromatic N) is 3. The van der Waals surface area contributed by atoms with Crippen molar-refractivity contribution >= 4 is 17.3 Å². The number of benzene rings is 3. The highest BCUT2D eigenvalue weighted by Gasteiger charge is 2.46. The summed E-state index contributed by atoms with van der Waals surface area (Å²) in [6.07, 6.45) is 2.80. The van der Waals surface area contributed by atoms with Crippen molar-refractivity contribution in [2.24, 2.45) is 11.3 Å². The normalized spacial score (nSPS) is 19.5. The molecule has 4 aromatic rings. The second-order valence-electron chi connectivity index (χ2n) is 11.5. The lowest BCUT2D eigenvalue weighted by Crippen LogP contribution is -2.39. The first-order valence-corrected chi connectivity index (χ1v) is 13.9. The first-order chi connectivity index (χ1) is 18.8. The van der Waals surface area contributed by atoms with Crippen molar-refractivity contribution in [3.05, 3.63) is 119 Å². The van der Waals surface area contributed by atoms with Gasteiger partial charge in [0.05, 0.1) is 17.3 Å². The molecule has 198 valence electrons. The van der Waals surface area contributed by atoms with Crippen molar-refractivity contribution in [2.75, 3.05) is 16.8 Å². The lowest BCUT2D eigenvalue weighted by molar-refractivity contribution is -0.124. The fourth-order valence-corrected chi connectivity index (χ4v) is 6.31. The maximum absolute atomic E-state index is 13.7. The van der Waals surface area contributed by atoms with Crippen LogP contribution in [0, 0.1) is 18.3 Å². The van der Waals surface area contributed by atoms with Gasteiger partial charge in [-0.05, 0) is 54.7 Å². The lowest BCUT2D eigenvalue weighted by Gasteiger charge is -2.40. The smallest absolute Gasteiger partial charge is 0.143 e. The van der Waals surface area contributed by atoms with Crippen LogP contribution in [-0.4, -0.2) is 22.1 Å². The molecular weight excluding hydrogens is 480 g/mol.